The number of carboxylic acids is 1. The third-order valence-corrected chi connectivity index (χ3v) is 2.80. The molecular formula is C9H7Br2NO3. The van der Waals surface area contributed by atoms with E-state index in [9.17, 15) is 9.59 Å². The molecule has 15 heavy (non-hydrogen) atoms. The Balaban J connectivity index is 3.13. The minimum atomic E-state index is -1.08. The average Bonchev–Trinajstić information content (AvgIpc) is 2.20. The molecule has 80 valence electrons. The molecule has 0 aliphatic heterocycles. The molecule has 2 N–H and O–H groups in total. The van der Waals surface area contributed by atoms with Crippen molar-refractivity contribution in [2.45, 2.75) is 0 Å². The Hall–Kier alpha value is -0.880. The van der Waals surface area contributed by atoms with Gasteiger partial charge in [-0.2, -0.15) is 0 Å². The molecule has 0 spiro atoms. The van der Waals surface area contributed by atoms with Crippen LogP contribution in [0, 0.1) is 0 Å². The van der Waals surface area contributed by atoms with E-state index < -0.39 is 5.97 Å². The lowest BCUT2D eigenvalue weighted by Crippen LogP contribution is -2.15. The number of nitrogens with one attached hydrogen (secondary N) is 1. The van der Waals surface area contributed by atoms with Gasteiger partial charge in [-0.25, -0.2) is 4.79 Å². The van der Waals surface area contributed by atoms with Crippen molar-refractivity contribution in [2.75, 3.05) is 10.6 Å². The van der Waals surface area contributed by atoms with Gasteiger partial charge in [0.2, 0.25) is 5.91 Å². The smallest absolute Gasteiger partial charge is 0.337 e. The van der Waals surface area contributed by atoms with Gasteiger partial charge in [-0.3, -0.25) is 4.79 Å². The zero-order valence-electron chi connectivity index (χ0n) is 7.46. The lowest BCUT2D eigenvalue weighted by atomic mass is 10.2. The highest BCUT2D eigenvalue weighted by Gasteiger charge is 2.14. The van der Waals surface area contributed by atoms with E-state index in [-0.39, 0.29) is 22.5 Å². The van der Waals surface area contributed by atoms with E-state index >= 15 is 0 Å². The molecule has 0 aliphatic carbocycles. The van der Waals surface area contributed by atoms with Gasteiger partial charge in [-0.1, -0.05) is 22.0 Å². The van der Waals surface area contributed by atoms with Gasteiger partial charge in [0.1, 0.15) is 0 Å². The second kappa shape index (κ2) is 5.27. The molecule has 0 saturated heterocycles. The summed E-state index contributed by atoms with van der Waals surface area (Å²) in [4.78, 5) is 22.0. The summed E-state index contributed by atoms with van der Waals surface area (Å²) in [6, 6.07) is 4.69. The Morgan fingerprint density at radius 3 is 2.60 bits per heavy atom. The second-order valence-electron chi connectivity index (χ2n) is 2.65. The van der Waals surface area contributed by atoms with Gasteiger partial charge in [-0.05, 0) is 28.1 Å². The van der Waals surface area contributed by atoms with E-state index in [0.29, 0.717) is 4.47 Å². The number of amides is 1. The fraction of sp³-hybridized carbons (Fsp3) is 0.111. The quantitative estimate of drug-likeness (QED) is 0.833. The second-order valence-corrected chi connectivity index (χ2v) is 4.06. The zero-order chi connectivity index (χ0) is 11.4. The largest absolute Gasteiger partial charge is 0.478 e. The fourth-order valence-corrected chi connectivity index (χ4v) is 1.61. The topological polar surface area (TPSA) is 66.4 Å². The first kappa shape index (κ1) is 12.2. The first-order valence-corrected chi connectivity index (χ1v) is 5.85. The van der Waals surface area contributed by atoms with Crippen LogP contribution in [-0.4, -0.2) is 22.3 Å². The van der Waals surface area contributed by atoms with Crippen molar-refractivity contribution < 1.29 is 14.7 Å². The number of alkyl halides is 1. The monoisotopic (exact) mass is 335 g/mol. The third kappa shape index (κ3) is 3.04. The van der Waals surface area contributed by atoms with Crippen molar-refractivity contribution in [3.8, 4) is 0 Å². The number of para-hydroxylation sites is 1. The van der Waals surface area contributed by atoms with Crippen LogP contribution in [-0.2, 0) is 4.79 Å². The number of hydrogen-bond donors (Lipinski definition) is 2. The van der Waals surface area contributed by atoms with Gasteiger partial charge in [0.25, 0.3) is 0 Å². The Morgan fingerprint density at radius 2 is 2.07 bits per heavy atom. The summed E-state index contributed by atoms with van der Waals surface area (Å²) in [6.45, 7) is 0. The highest BCUT2D eigenvalue weighted by atomic mass is 79.9. The summed E-state index contributed by atoms with van der Waals surface area (Å²) in [5.74, 6) is -1.38. The summed E-state index contributed by atoms with van der Waals surface area (Å²) >= 11 is 6.16. The number of carboxylic acid groups (broad SMARTS) is 1. The first-order valence-electron chi connectivity index (χ1n) is 3.94. The van der Waals surface area contributed by atoms with Gasteiger partial charge < -0.3 is 10.4 Å². The Morgan fingerprint density at radius 1 is 1.40 bits per heavy atom. The van der Waals surface area contributed by atoms with Crippen molar-refractivity contribution in [1.82, 2.24) is 0 Å². The SMILES string of the molecule is O=C(CBr)Nc1c(Br)cccc1C(=O)O. The molecule has 0 bridgehead atoms. The van der Waals surface area contributed by atoms with E-state index in [1.54, 1.807) is 12.1 Å². The number of anilines is 1. The fourth-order valence-electron chi connectivity index (χ4n) is 1.00. The van der Waals surface area contributed by atoms with Crippen LogP contribution in [0.5, 0.6) is 0 Å². The summed E-state index contributed by atoms with van der Waals surface area (Å²) in [6.07, 6.45) is 0. The van der Waals surface area contributed by atoms with Gasteiger partial charge in [0.15, 0.2) is 0 Å². The van der Waals surface area contributed by atoms with Crippen LogP contribution < -0.4 is 5.32 Å². The van der Waals surface area contributed by atoms with Crippen molar-refractivity contribution in [3.63, 3.8) is 0 Å². The normalized spacial score (nSPS) is 9.73. The van der Waals surface area contributed by atoms with Crippen LogP contribution in [0.2, 0.25) is 0 Å². The molecule has 1 aromatic rings. The average molecular weight is 337 g/mol. The molecule has 1 amide bonds. The molecule has 1 aromatic carbocycles. The van der Waals surface area contributed by atoms with Crippen molar-refractivity contribution in [1.29, 1.82) is 0 Å². The molecule has 0 aromatic heterocycles. The molecule has 0 fully saturated rings. The predicted molar refractivity (Wildman–Crippen MR) is 63.5 cm³/mol. The van der Waals surface area contributed by atoms with Crippen molar-refractivity contribution >= 4 is 49.4 Å². The molecule has 6 heteroatoms. The van der Waals surface area contributed by atoms with Crippen molar-refractivity contribution in [2.24, 2.45) is 0 Å². The minimum Gasteiger partial charge on any atom is -0.478 e. The van der Waals surface area contributed by atoms with E-state index in [1.807, 2.05) is 0 Å². The van der Waals surface area contributed by atoms with E-state index in [4.69, 9.17) is 5.11 Å². The van der Waals surface area contributed by atoms with Crippen LogP contribution >= 0.6 is 31.9 Å². The van der Waals surface area contributed by atoms with E-state index in [0.717, 1.165) is 0 Å². The number of hydrogen-bond acceptors (Lipinski definition) is 2. The summed E-state index contributed by atoms with van der Waals surface area (Å²) < 4.78 is 0.539. The number of carbonyl (C=O) groups excluding carboxylic acids is 1. The van der Waals surface area contributed by atoms with Gasteiger partial charge in [0, 0.05) is 4.47 Å². The molecule has 4 nitrogen and oxygen atoms in total. The molecule has 0 aliphatic rings. The number of carbonyl (C=O) groups is 2. The lowest BCUT2D eigenvalue weighted by Gasteiger charge is -2.08. The number of halogens is 2. The Bertz CT molecular complexity index is 406. The zero-order valence-corrected chi connectivity index (χ0v) is 10.6. The van der Waals surface area contributed by atoms with Crippen molar-refractivity contribution in [3.05, 3.63) is 28.2 Å². The minimum absolute atomic E-state index is 0.0543. The molecule has 0 radical (unpaired) electrons. The number of benzene rings is 1. The highest BCUT2D eigenvalue weighted by Crippen LogP contribution is 2.26. The molecular weight excluding hydrogens is 330 g/mol. The molecule has 0 saturated carbocycles. The molecule has 0 heterocycles. The summed E-state index contributed by atoms with van der Waals surface area (Å²) in [5.41, 5.74) is 0.327. The summed E-state index contributed by atoms with van der Waals surface area (Å²) in [7, 11) is 0. The van der Waals surface area contributed by atoms with Gasteiger partial charge in [0.05, 0.1) is 16.6 Å². The van der Waals surface area contributed by atoms with Crippen LogP contribution in [0.3, 0.4) is 0 Å². The first-order chi connectivity index (χ1) is 7.06. The van der Waals surface area contributed by atoms with Gasteiger partial charge >= 0.3 is 5.97 Å². The van der Waals surface area contributed by atoms with E-state index in [2.05, 4.69) is 37.2 Å². The predicted octanol–water partition coefficient (Wildman–Crippen LogP) is 2.48. The van der Waals surface area contributed by atoms with E-state index in [1.165, 1.54) is 6.07 Å². The molecule has 1 rings (SSSR count). The highest BCUT2D eigenvalue weighted by molar-refractivity contribution is 9.10. The Labute approximate surface area is 103 Å². The maximum Gasteiger partial charge on any atom is 0.337 e. The Kier molecular flexibility index (Phi) is 4.28. The molecule has 0 unspecified atom stereocenters. The standard InChI is InChI=1S/C9H7Br2NO3/c10-4-7(13)12-8-5(9(14)15)2-1-3-6(8)11/h1-3H,4H2,(H,12,13)(H,14,15). The van der Waals surface area contributed by atoms with Crippen LogP contribution in [0.4, 0.5) is 5.69 Å². The van der Waals surface area contributed by atoms with Gasteiger partial charge in [-0.15, -0.1) is 0 Å². The van der Waals surface area contributed by atoms with Crippen LogP contribution in [0.1, 0.15) is 10.4 Å². The maximum atomic E-state index is 11.1. The van der Waals surface area contributed by atoms with Crippen LogP contribution in [0.25, 0.3) is 0 Å². The number of aromatic carboxylic acids is 1. The summed E-state index contributed by atoms with van der Waals surface area (Å²) in [5, 5.41) is 11.5. The number of rotatable bonds is 3. The maximum absolute atomic E-state index is 11.1. The van der Waals surface area contributed by atoms with Crippen LogP contribution in [0.15, 0.2) is 22.7 Å². The lowest BCUT2D eigenvalue weighted by molar-refractivity contribution is -0.113. The molecule has 0 atom stereocenters. The third-order valence-electron chi connectivity index (χ3n) is 1.63.